The highest BCUT2D eigenvalue weighted by molar-refractivity contribution is 7.79. The minimum atomic E-state index is -2.18. The SMILES string of the molecule is CCCCCCCCCCCCC(c1ccc(C)c(O)c1C(CCCCCCCCCCCC)S(=O)O)S(=O)O. The summed E-state index contributed by atoms with van der Waals surface area (Å²) >= 11 is -4.31. The van der Waals surface area contributed by atoms with Crippen LogP contribution in [0.25, 0.3) is 0 Å². The molecule has 0 aromatic heterocycles. The lowest BCUT2D eigenvalue weighted by molar-refractivity contribution is 0.453. The molecule has 5 nitrogen and oxygen atoms in total. The number of hydrogen-bond acceptors (Lipinski definition) is 3. The molecule has 0 saturated heterocycles. The number of phenols is 1. The molecule has 0 amide bonds. The topological polar surface area (TPSA) is 94.8 Å². The molecule has 0 radical (unpaired) electrons. The van der Waals surface area contributed by atoms with E-state index in [1.54, 1.807) is 19.1 Å². The Labute approximate surface area is 251 Å². The maximum atomic E-state index is 12.5. The quantitative estimate of drug-likeness (QED) is 0.0726. The monoisotopic (exact) mass is 600 g/mol. The van der Waals surface area contributed by atoms with E-state index in [2.05, 4.69) is 13.8 Å². The number of benzene rings is 1. The van der Waals surface area contributed by atoms with E-state index >= 15 is 0 Å². The summed E-state index contributed by atoms with van der Waals surface area (Å²) in [5.74, 6) is -0.00416. The molecule has 1 aromatic carbocycles. The Morgan fingerprint density at radius 1 is 0.575 bits per heavy atom. The van der Waals surface area contributed by atoms with E-state index in [4.69, 9.17) is 0 Å². The second-order valence-corrected chi connectivity index (χ2v) is 13.9. The Bertz CT molecular complexity index is 829. The van der Waals surface area contributed by atoms with Crippen molar-refractivity contribution < 1.29 is 22.6 Å². The van der Waals surface area contributed by atoms with Gasteiger partial charge in [-0.1, -0.05) is 154 Å². The van der Waals surface area contributed by atoms with Gasteiger partial charge in [-0.25, -0.2) is 8.42 Å². The van der Waals surface area contributed by atoms with Crippen LogP contribution in [0.1, 0.15) is 182 Å². The van der Waals surface area contributed by atoms with Crippen LogP contribution in [-0.2, 0) is 22.2 Å². The number of aromatic hydroxyl groups is 1. The van der Waals surface area contributed by atoms with Gasteiger partial charge in [-0.3, -0.25) is 0 Å². The van der Waals surface area contributed by atoms with Crippen LogP contribution in [0.5, 0.6) is 5.75 Å². The fourth-order valence-electron chi connectivity index (χ4n) is 5.70. The Morgan fingerprint density at radius 3 is 1.30 bits per heavy atom. The Balaban J connectivity index is 2.70. The minimum Gasteiger partial charge on any atom is -0.507 e. The molecule has 40 heavy (non-hydrogen) atoms. The van der Waals surface area contributed by atoms with Crippen molar-refractivity contribution in [2.45, 2.75) is 173 Å². The summed E-state index contributed by atoms with van der Waals surface area (Å²) in [5, 5.41) is 9.58. The van der Waals surface area contributed by atoms with Crippen molar-refractivity contribution in [3.8, 4) is 5.75 Å². The normalized spacial score (nSPS) is 14.7. The van der Waals surface area contributed by atoms with Crippen molar-refractivity contribution in [2.24, 2.45) is 0 Å². The third-order valence-electron chi connectivity index (χ3n) is 8.25. The van der Waals surface area contributed by atoms with Crippen molar-refractivity contribution in [2.75, 3.05) is 0 Å². The van der Waals surface area contributed by atoms with Crippen LogP contribution in [0.15, 0.2) is 12.1 Å². The average molecular weight is 601 g/mol. The first-order valence-corrected chi connectivity index (χ1v) is 18.7. The van der Waals surface area contributed by atoms with Gasteiger partial charge < -0.3 is 14.2 Å². The predicted molar refractivity (Wildman–Crippen MR) is 173 cm³/mol. The van der Waals surface area contributed by atoms with Gasteiger partial charge in [0.15, 0.2) is 22.2 Å². The third-order valence-corrected chi connectivity index (χ3v) is 10.2. The van der Waals surface area contributed by atoms with Gasteiger partial charge in [-0.05, 0) is 30.9 Å². The van der Waals surface area contributed by atoms with Crippen LogP contribution in [0.3, 0.4) is 0 Å². The molecule has 7 heteroatoms. The second-order valence-electron chi connectivity index (χ2n) is 11.7. The van der Waals surface area contributed by atoms with Crippen molar-refractivity contribution in [3.05, 3.63) is 28.8 Å². The molecule has 0 aliphatic rings. The fourth-order valence-corrected chi connectivity index (χ4v) is 7.31. The first-order valence-electron chi connectivity index (χ1n) is 16.4. The predicted octanol–water partition coefficient (Wildman–Crippen LogP) is 10.8. The summed E-state index contributed by atoms with van der Waals surface area (Å²) in [6.45, 7) is 6.23. The van der Waals surface area contributed by atoms with Gasteiger partial charge in [-0.2, -0.15) is 0 Å². The van der Waals surface area contributed by atoms with Crippen molar-refractivity contribution >= 4 is 22.2 Å². The average Bonchev–Trinajstić information content (AvgIpc) is 2.92. The molecule has 4 unspecified atom stereocenters. The zero-order valence-corrected chi connectivity index (χ0v) is 27.5. The van der Waals surface area contributed by atoms with Gasteiger partial charge in [0.1, 0.15) is 5.75 Å². The fraction of sp³-hybridized carbons (Fsp3) is 0.818. The summed E-state index contributed by atoms with van der Waals surface area (Å²) in [4.78, 5) is 0. The van der Waals surface area contributed by atoms with Gasteiger partial charge in [-0.15, -0.1) is 0 Å². The summed E-state index contributed by atoms with van der Waals surface area (Å²) in [5.41, 5.74) is 1.58. The van der Waals surface area contributed by atoms with Crippen molar-refractivity contribution in [1.82, 2.24) is 0 Å². The lowest BCUT2D eigenvalue weighted by Crippen LogP contribution is -2.15. The lowest BCUT2D eigenvalue weighted by Gasteiger charge is -2.24. The molecule has 1 rings (SSSR count). The van der Waals surface area contributed by atoms with E-state index in [9.17, 15) is 22.6 Å². The smallest absolute Gasteiger partial charge is 0.160 e. The summed E-state index contributed by atoms with van der Waals surface area (Å²) < 4.78 is 45.5. The highest BCUT2D eigenvalue weighted by atomic mass is 32.2. The van der Waals surface area contributed by atoms with Crippen molar-refractivity contribution in [3.63, 3.8) is 0 Å². The van der Waals surface area contributed by atoms with E-state index in [-0.39, 0.29) is 5.75 Å². The number of rotatable bonds is 26. The molecule has 0 heterocycles. The highest BCUT2D eigenvalue weighted by Crippen LogP contribution is 2.42. The van der Waals surface area contributed by atoms with Crippen LogP contribution in [-0.4, -0.2) is 22.6 Å². The van der Waals surface area contributed by atoms with Crippen molar-refractivity contribution in [1.29, 1.82) is 0 Å². The van der Waals surface area contributed by atoms with E-state index in [0.29, 0.717) is 29.5 Å². The molecule has 0 spiro atoms. The number of hydrogen-bond donors (Lipinski definition) is 3. The van der Waals surface area contributed by atoms with Gasteiger partial charge in [0.2, 0.25) is 0 Å². The zero-order valence-electron chi connectivity index (χ0n) is 25.8. The van der Waals surface area contributed by atoms with E-state index in [0.717, 1.165) is 38.5 Å². The van der Waals surface area contributed by atoms with E-state index < -0.39 is 32.7 Å². The molecule has 234 valence electrons. The van der Waals surface area contributed by atoms with E-state index in [1.807, 2.05) is 0 Å². The van der Waals surface area contributed by atoms with Gasteiger partial charge in [0.25, 0.3) is 0 Å². The van der Waals surface area contributed by atoms with Gasteiger partial charge in [0, 0.05) is 5.56 Å². The lowest BCUT2D eigenvalue weighted by atomic mass is 9.92. The second kappa shape index (κ2) is 23.8. The van der Waals surface area contributed by atoms with Gasteiger partial charge in [0.05, 0.1) is 10.5 Å². The third kappa shape index (κ3) is 15.5. The van der Waals surface area contributed by atoms with Crippen LogP contribution >= 0.6 is 0 Å². The maximum Gasteiger partial charge on any atom is 0.160 e. The molecule has 0 aliphatic carbocycles. The largest absolute Gasteiger partial charge is 0.507 e. The number of aryl methyl sites for hydroxylation is 1. The minimum absolute atomic E-state index is 0.00416. The van der Waals surface area contributed by atoms with Crippen LogP contribution in [0, 0.1) is 6.92 Å². The molecule has 4 atom stereocenters. The molecule has 0 aliphatic heterocycles. The molecule has 0 fully saturated rings. The number of phenolic OH excluding ortho intramolecular Hbond substituents is 1. The van der Waals surface area contributed by atoms with Crippen LogP contribution < -0.4 is 0 Å². The molecule has 1 aromatic rings. The van der Waals surface area contributed by atoms with Crippen LogP contribution in [0.4, 0.5) is 0 Å². The molecular weight excluding hydrogens is 540 g/mol. The molecule has 3 N–H and O–H groups in total. The van der Waals surface area contributed by atoms with Crippen LogP contribution in [0.2, 0.25) is 0 Å². The highest BCUT2D eigenvalue weighted by Gasteiger charge is 2.30. The summed E-state index contributed by atoms with van der Waals surface area (Å²) in [7, 11) is 0. The molecule has 0 bridgehead atoms. The molecule has 0 saturated carbocycles. The first-order chi connectivity index (χ1) is 19.3. The molecular formula is C33H60O5S2. The Hall–Kier alpha value is -0.760. The summed E-state index contributed by atoms with van der Waals surface area (Å²) in [6.07, 6.45) is 24.7. The number of unbranched alkanes of at least 4 members (excludes halogenated alkanes) is 18. The first kappa shape index (κ1) is 37.3. The standard InChI is InChI=1S/C33H60O5S2/c1-4-6-8-10-12-14-16-18-20-22-24-30(39(35)36)29-27-26-28(3)33(34)32(29)31(40(37)38)25-23-21-19-17-15-13-11-9-7-5-2/h26-27,30-31,34H,4-25H2,1-3H3,(H,35,36)(H,37,38). The Morgan fingerprint density at radius 2 is 0.925 bits per heavy atom. The maximum absolute atomic E-state index is 12.5. The van der Waals surface area contributed by atoms with E-state index in [1.165, 1.54) is 89.9 Å². The Kier molecular flexibility index (Phi) is 22.1. The summed E-state index contributed by atoms with van der Waals surface area (Å²) in [6, 6.07) is 3.54. The zero-order chi connectivity index (χ0) is 29.6. The van der Waals surface area contributed by atoms with Gasteiger partial charge >= 0.3 is 0 Å².